The van der Waals surface area contributed by atoms with Crippen LogP contribution in [0, 0.1) is 0 Å². The zero-order valence-electron chi connectivity index (χ0n) is 17.0. The van der Waals surface area contributed by atoms with E-state index >= 15 is 0 Å². The number of allylic oxidation sites excluding steroid dienone is 1. The van der Waals surface area contributed by atoms with E-state index in [1.54, 1.807) is 11.0 Å². The lowest BCUT2D eigenvalue weighted by atomic mass is 9.95. The van der Waals surface area contributed by atoms with Crippen LogP contribution in [-0.4, -0.2) is 28.2 Å². The standard InChI is InChI=1S/C27H23NO3/c29-23(17-16-20-10-4-1-5-11-20)24-25(22-14-8-3-9-15-22)28(27(31)26(24)30)19-18-21-12-6-2-7-13-21/h1-17,25,30H,18-19H2. The molecule has 4 rings (SSSR count). The average molecular weight is 409 g/mol. The number of hydrogen-bond acceptors (Lipinski definition) is 3. The first-order valence-corrected chi connectivity index (χ1v) is 10.3. The highest BCUT2D eigenvalue weighted by Gasteiger charge is 2.42. The second-order valence-corrected chi connectivity index (χ2v) is 7.42. The van der Waals surface area contributed by atoms with Gasteiger partial charge in [-0.25, -0.2) is 0 Å². The molecule has 1 amide bonds. The van der Waals surface area contributed by atoms with Crippen LogP contribution in [0.2, 0.25) is 0 Å². The Labute approximate surface area is 181 Å². The molecular weight excluding hydrogens is 386 g/mol. The van der Waals surface area contributed by atoms with Crippen molar-refractivity contribution in [2.24, 2.45) is 0 Å². The van der Waals surface area contributed by atoms with Gasteiger partial charge in [-0.15, -0.1) is 0 Å². The van der Waals surface area contributed by atoms with Gasteiger partial charge in [-0.2, -0.15) is 0 Å². The van der Waals surface area contributed by atoms with Crippen LogP contribution >= 0.6 is 0 Å². The highest BCUT2D eigenvalue weighted by atomic mass is 16.3. The van der Waals surface area contributed by atoms with Gasteiger partial charge in [0.05, 0.1) is 11.6 Å². The smallest absolute Gasteiger partial charge is 0.290 e. The van der Waals surface area contributed by atoms with Crippen molar-refractivity contribution in [3.8, 4) is 0 Å². The minimum absolute atomic E-state index is 0.122. The molecule has 1 aliphatic heterocycles. The number of rotatable bonds is 7. The van der Waals surface area contributed by atoms with Crippen LogP contribution < -0.4 is 0 Å². The lowest BCUT2D eigenvalue weighted by Crippen LogP contribution is -2.33. The topological polar surface area (TPSA) is 57.6 Å². The Hall–Kier alpha value is -3.92. The predicted octanol–water partition coefficient (Wildman–Crippen LogP) is 4.91. The SMILES string of the molecule is O=C(C=Cc1ccccc1)C1=C(O)C(=O)N(CCc2ccccc2)C1c1ccccc1. The summed E-state index contributed by atoms with van der Waals surface area (Å²) in [4.78, 5) is 27.6. The highest BCUT2D eigenvalue weighted by molar-refractivity contribution is 6.14. The number of carbonyl (C=O) groups is 2. The Kier molecular flexibility index (Phi) is 6.08. The van der Waals surface area contributed by atoms with E-state index in [1.165, 1.54) is 6.08 Å². The lowest BCUT2D eigenvalue weighted by Gasteiger charge is -2.26. The van der Waals surface area contributed by atoms with Crippen LogP contribution in [0.15, 0.2) is 108 Å². The first kappa shape index (κ1) is 20.4. The average Bonchev–Trinajstić information content (AvgIpc) is 3.08. The number of hydrogen-bond donors (Lipinski definition) is 1. The molecule has 1 atom stereocenters. The molecule has 4 nitrogen and oxygen atoms in total. The number of aliphatic hydroxyl groups is 1. The highest BCUT2D eigenvalue weighted by Crippen LogP contribution is 2.38. The molecule has 0 aliphatic carbocycles. The van der Waals surface area contributed by atoms with E-state index < -0.39 is 17.7 Å². The van der Waals surface area contributed by atoms with Crippen LogP contribution in [0.5, 0.6) is 0 Å². The summed E-state index contributed by atoms with van der Waals surface area (Å²) in [5, 5.41) is 10.7. The summed E-state index contributed by atoms with van der Waals surface area (Å²) in [7, 11) is 0. The normalized spacial score (nSPS) is 16.3. The van der Waals surface area contributed by atoms with Crippen LogP contribution in [0.1, 0.15) is 22.7 Å². The van der Waals surface area contributed by atoms with E-state index in [-0.39, 0.29) is 11.4 Å². The van der Waals surface area contributed by atoms with Crippen LogP contribution in [0.25, 0.3) is 6.08 Å². The number of ketones is 1. The van der Waals surface area contributed by atoms with Crippen LogP contribution in [-0.2, 0) is 16.0 Å². The summed E-state index contributed by atoms with van der Waals surface area (Å²) in [6.45, 7) is 0.394. The molecule has 3 aromatic carbocycles. The maximum Gasteiger partial charge on any atom is 0.290 e. The molecule has 0 saturated heterocycles. The van der Waals surface area contributed by atoms with Crippen molar-refractivity contribution in [3.05, 3.63) is 125 Å². The van der Waals surface area contributed by atoms with Gasteiger partial charge in [0.25, 0.3) is 5.91 Å². The van der Waals surface area contributed by atoms with E-state index in [4.69, 9.17) is 0 Å². The maximum atomic E-state index is 13.1. The summed E-state index contributed by atoms with van der Waals surface area (Å²) in [6.07, 6.45) is 3.75. The summed E-state index contributed by atoms with van der Waals surface area (Å²) < 4.78 is 0. The zero-order chi connectivity index (χ0) is 21.6. The van der Waals surface area contributed by atoms with E-state index in [9.17, 15) is 14.7 Å². The van der Waals surface area contributed by atoms with Gasteiger partial charge in [-0.05, 0) is 29.2 Å². The lowest BCUT2D eigenvalue weighted by molar-refractivity contribution is -0.129. The van der Waals surface area contributed by atoms with Crippen molar-refractivity contribution in [2.75, 3.05) is 6.54 Å². The number of nitrogens with zero attached hydrogens (tertiary/aromatic N) is 1. The van der Waals surface area contributed by atoms with E-state index in [0.717, 1.165) is 16.7 Å². The molecule has 4 heteroatoms. The monoisotopic (exact) mass is 409 g/mol. The molecule has 0 aromatic heterocycles. The maximum absolute atomic E-state index is 13.1. The molecule has 3 aromatic rings. The number of carbonyl (C=O) groups excluding carboxylic acids is 2. The molecule has 0 saturated carbocycles. The van der Waals surface area contributed by atoms with Gasteiger partial charge < -0.3 is 10.0 Å². The predicted molar refractivity (Wildman–Crippen MR) is 121 cm³/mol. The van der Waals surface area contributed by atoms with E-state index in [1.807, 2.05) is 91.0 Å². The molecule has 1 heterocycles. The Bertz CT molecular complexity index is 1120. The van der Waals surface area contributed by atoms with Crippen molar-refractivity contribution >= 4 is 17.8 Å². The molecule has 0 fully saturated rings. The van der Waals surface area contributed by atoms with Gasteiger partial charge in [0.1, 0.15) is 0 Å². The Morgan fingerprint density at radius 3 is 2.10 bits per heavy atom. The molecule has 1 aliphatic rings. The van der Waals surface area contributed by atoms with Crippen molar-refractivity contribution in [2.45, 2.75) is 12.5 Å². The molecule has 0 spiro atoms. The molecule has 0 radical (unpaired) electrons. The third-order valence-electron chi connectivity index (χ3n) is 5.40. The minimum atomic E-state index is -0.620. The minimum Gasteiger partial charge on any atom is -0.503 e. The third-order valence-corrected chi connectivity index (χ3v) is 5.40. The van der Waals surface area contributed by atoms with Gasteiger partial charge in [-0.3, -0.25) is 9.59 Å². The Morgan fingerprint density at radius 1 is 0.871 bits per heavy atom. The molecule has 0 bridgehead atoms. The van der Waals surface area contributed by atoms with Crippen molar-refractivity contribution in [1.82, 2.24) is 4.90 Å². The summed E-state index contributed by atoms with van der Waals surface area (Å²) >= 11 is 0. The van der Waals surface area contributed by atoms with Gasteiger partial charge in [0.15, 0.2) is 11.5 Å². The second-order valence-electron chi connectivity index (χ2n) is 7.42. The van der Waals surface area contributed by atoms with Gasteiger partial charge >= 0.3 is 0 Å². The second kappa shape index (κ2) is 9.26. The fourth-order valence-electron chi connectivity index (χ4n) is 3.84. The first-order valence-electron chi connectivity index (χ1n) is 10.3. The zero-order valence-corrected chi connectivity index (χ0v) is 17.0. The largest absolute Gasteiger partial charge is 0.503 e. The molecule has 31 heavy (non-hydrogen) atoms. The fourth-order valence-corrected chi connectivity index (χ4v) is 3.84. The quantitative estimate of drug-likeness (QED) is 0.564. The van der Waals surface area contributed by atoms with Gasteiger partial charge in [-0.1, -0.05) is 97.1 Å². The van der Waals surface area contributed by atoms with E-state index in [2.05, 4.69) is 0 Å². The molecule has 1 unspecified atom stereocenters. The molecule has 1 N–H and O–H groups in total. The molecular formula is C27H23NO3. The van der Waals surface area contributed by atoms with Gasteiger partial charge in [0.2, 0.25) is 0 Å². The first-order chi connectivity index (χ1) is 15.1. The van der Waals surface area contributed by atoms with Crippen molar-refractivity contribution in [3.63, 3.8) is 0 Å². The van der Waals surface area contributed by atoms with Crippen molar-refractivity contribution < 1.29 is 14.7 Å². The number of benzene rings is 3. The van der Waals surface area contributed by atoms with E-state index in [0.29, 0.717) is 13.0 Å². The number of amides is 1. The van der Waals surface area contributed by atoms with Crippen LogP contribution in [0.3, 0.4) is 0 Å². The summed E-state index contributed by atoms with van der Waals surface area (Å²) in [6, 6.07) is 28.1. The summed E-state index contributed by atoms with van der Waals surface area (Å²) in [5.74, 6) is -1.35. The Morgan fingerprint density at radius 2 is 1.45 bits per heavy atom. The fraction of sp³-hybridized carbons (Fsp3) is 0.111. The number of aliphatic hydroxyl groups excluding tert-OH is 1. The van der Waals surface area contributed by atoms with Crippen LogP contribution in [0.4, 0.5) is 0 Å². The third kappa shape index (κ3) is 4.48. The van der Waals surface area contributed by atoms with Crippen molar-refractivity contribution in [1.29, 1.82) is 0 Å². The van der Waals surface area contributed by atoms with Gasteiger partial charge in [0, 0.05) is 6.54 Å². The molecule has 154 valence electrons. The Balaban J connectivity index is 1.64. The summed E-state index contributed by atoms with van der Waals surface area (Å²) in [5.41, 5.74) is 2.88.